The van der Waals surface area contributed by atoms with Gasteiger partial charge in [-0.25, -0.2) is 13.9 Å². The van der Waals surface area contributed by atoms with Crippen LogP contribution in [0.4, 0.5) is 9.52 Å². The van der Waals surface area contributed by atoms with Gasteiger partial charge >= 0.3 is 0 Å². The number of benzene rings is 1. The van der Waals surface area contributed by atoms with E-state index in [1.165, 1.54) is 46.6 Å². The van der Waals surface area contributed by atoms with Crippen LogP contribution in [0.15, 0.2) is 39.1 Å². The van der Waals surface area contributed by atoms with Gasteiger partial charge < -0.3 is 5.32 Å². The van der Waals surface area contributed by atoms with Gasteiger partial charge in [0.25, 0.3) is 0 Å². The smallest absolute Gasteiger partial charge is 0.213 e. The minimum atomic E-state index is -0.238. The predicted molar refractivity (Wildman–Crippen MR) is 107 cm³/mol. The molecule has 0 saturated carbocycles. The van der Waals surface area contributed by atoms with Crippen molar-refractivity contribution in [3.05, 3.63) is 47.5 Å². The Balaban J connectivity index is 1.40. The van der Waals surface area contributed by atoms with Crippen LogP contribution >= 0.6 is 34.4 Å². The van der Waals surface area contributed by atoms with Gasteiger partial charge in [-0.3, -0.25) is 0 Å². The van der Waals surface area contributed by atoms with E-state index in [9.17, 15) is 4.39 Å². The summed E-state index contributed by atoms with van der Waals surface area (Å²) in [5.74, 6) is -0.238. The highest BCUT2D eigenvalue weighted by Gasteiger charge is 2.20. The van der Waals surface area contributed by atoms with Gasteiger partial charge in [-0.15, -0.1) is 15.3 Å². The number of fused-ring (bicyclic) bond motifs is 1. The van der Waals surface area contributed by atoms with Crippen molar-refractivity contribution >= 4 is 44.5 Å². The molecule has 1 aromatic carbocycles. The predicted octanol–water partition coefficient (Wildman–Crippen LogP) is 4.84. The van der Waals surface area contributed by atoms with Gasteiger partial charge in [-0.1, -0.05) is 55.6 Å². The van der Waals surface area contributed by atoms with Crippen LogP contribution in [0.25, 0.3) is 4.96 Å². The van der Waals surface area contributed by atoms with Crippen molar-refractivity contribution in [3.63, 3.8) is 0 Å². The van der Waals surface area contributed by atoms with Crippen molar-refractivity contribution in [2.75, 3.05) is 5.32 Å². The third-order valence-electron chi connectivity index (χ3n) is 3.73. The summed E-state index contributed by atoms with van der Waals surface area (Å²) in [6.07, 6.45) is 1.98. The van der Waals surface area contributed by atoms with E-state index in [0.717, 1.165) is 30.0 Å². The Morgan fingerprint density at radius 3 is 2.59 bits per heavy atom. The lowest BCUT2D eigenvalue weighted by atomic mass is 9.93. The second kappa shape index (κ2) is 7.17. The maximum absolute atomic E-state index is 12.9. The van der Waals surface area contributed by atoms with Gasteiger partial charge in [0.1, 0.15) is 5.82 Å². The molecule has 0 fully saturated rings. The van der Waals surface area contributed by atoms with Crippen LogP contribution in [0.5, 0.6) is 0 Å². The van der Waals surface area contributed by atoms with Crippen LogP contribution in [0, 0.1) is 5.82 Å². The number of halogens is 1. The number of nitrogens with one attached hydrogen (secondary N) is 1. The van der Waals surface area contributed by atoms with Gasteiger partial charge in [0.05, 0.1) is 11.9 Å². The Morgan fingerprint density at radius 1 is 1.11 bits per heavy atom. The lowest BCUT2D eigenvalue weighted by Gasteiger charge is -2.13. The van der Waals surface area contributed by atoms with Crippen LogP contribution in [-0.4, -0.2) is 24.8 Å². The molecule has 4 rings (SSSR count). The Hall–Kier alpha value is -2.04. The van der Waals surface area contributed by atoms with Crippen LogP contribution in [-0.2, 0) is 12.0 Å². The van der Waals surface area contributed by atoms with Crippen LogP contribution in [0.2, 0.25) is 0 Å². The van der Waals surface area contributed by atoms with Gasteiger partial charge in [0.2, 0.25) is 10.1 Å². The molecule has 0 bridgehead atoms. The molecule has 0 aliphatic heterocycles. The average Bonchev–Trinajstić information content (AvgIpc) is 3.29. The Kier molecular flexibility index (Phi) is 4.87. The molecule has 3 heterocycles. The van der Waals surface area contributed by atoms with E-state index in [1.807, 2.05) is 10.7 Å². The summed E-state index contributed by atoms with van der Waals surface area (Å²) in [4.78, 5) is 5.53. The van der Waals surface area contributed by atoms with Crippen molar-refractivity contribution in [2.45, 2.75) is 41.4 Å². The minimum Gasteiger partial charge on any atom is -0.356 e. The summed E-state index contributed by atoms with van der Waals surface area (Å²) in [5, 5.41) is 16.8. The lowest BCUT2D eigenvalue weighted by Crippen LogP contribution is -2.11. The second-order valence-electron chi connectivity index (χ2n) is 6.93. The molecule has 3 aromatic heterocycles. The zero-order valence-corrected chi connectivity index (χ0v) is 17.4. The van der Waals surface area contributed by atoms with Crippen LogP contribution in [0.1, 0.15) is 32.0 Å². The molecule has 0 unspecified atom stereocenters. The molecule has 0 spiro atoms. The maximum Gasteiger partial charge on any atom is 0.213 e. The Labute approximate surface area is 167 Å². The van der Waals surface area contributed by atoms with Crippen molar-refractivity contribution in [1.82, 2.24) is 24.8 Å². The zero-order valence-electron chi connectivity index (χ0n) is 14.9. The van der Waals surface area contributed by atoms with Gasteiger partial charge in [-0.05, 0) is 29.5 Å². The van der Waals surface area contributed by atoms with Gasteiger partial charge in [-0.2, -0.15) is 0 Å². The molecular weight excluding hydrogens is 403 g/mol. The number of hydrogen-bond donors (Lipinski definition) is 1. The van der Waals surface area contributed by atoms with Crippen LogP contribution in [0.3, 0.4) is 0 Å². The highest BCUT2D eigenvalue weighted by Crippen LogP contribution is 2.35. The SMILES string of the molecule is CC(C)(C)c1cn2nc(Sc3nnc(NCc4ccc(F)cc4)s3)sc2n1. The summed E-state index contributed by atoms with van der Waals surface area (Å²) in [6.45, 7) is 6.98. The topological polar surface area (TPSA) is 68.0 Å². The summed E-state index contributed by atoms with van der Waals surface area (Å²) < 4.78 is 16.4. The molecule has 27 heavy (non-hydrogen) atoms. The Bertz CT molecular complexity index is 1030. The highest BCUT2D eigenvalue weighted by atomic mass is 32.2. The fourth-order valence-corrected chi connectivity index (χ4v) is 5.14. The molecule has 4 aromatic rings. The molecule has 6 nitrogen and oxygen atoms in total. The number of anilines is 1. The second-order valence-corrected chi connectivity index (χ2v) is 10.4. The summed E-state index contributed by atoms with van der Waals surface area (Å²) in [6, 6.07) is 6.39. The number of imidazole rings is 1. The van der Waals surface area contributed by atoms with Crippen molar-refractivity contribution < 1.29 is 4.39 Å². The quantitative estimate of drug-likeness (QED) is 0.498. The Morgan fingerprint density at radius 2 is 1.89 bits per heavy atom. The fraction of sp³-hybridized carbons (Fsp3) is 0.294. The number of aromatic nitrogens is 5. The van der Waals surface area contributed by atoms with Gasteiger partial charge in [0, 0.05) is 12.0 Å². The summed E-state index contributed by atoms with van der Waals surface area (Å²) >= 11 is 4.48. The molecular formula is C17H17FN6S3. The highest BCUT2D eigenvalue weighted by molar-refractivity contribution is 8.02. The number of nitrogens with zero attached hydrogens (tertiary/aromatic N) is 5. The average molecular weight is 421 g/mol. The fourth-order valence-electron chi connectivity index (χ4n) is 2.26. The van der Waals surface area contributed by atoms with E-state index in [2.05, 4.69) is 46.4 Å². The first kappa shape index (κ1) is 18.3. The van der Waals surface area contributed by atoms with Crippen molar-refractivity contribution in [3.8, 4) is 0 Å². The maximum atomic E-state index is 12.9. The number of hydrogen-bond acceptors (Lipinski definition) is 8. The van der Waals surface area contributed by atoms with E-state index in [4.69, 9.17) is 0 Å². The summed E-state index contributed by atoms with van der Waals surface area (Å²) in [7, 11) is 0. The first-order valence-electron chi connectivity index (χ1n) is 8.23. The largest absolute Gasteiger partial charge is 0.356 e. The molecule has 0 atom stereocenters. The third-order valence-corrected chi connectivity index (χ3v) is 6.64. The standard InChI is InChI=1S/C17H17FN6S3/c1-17(2,3)12-9-24-14(20-12)26-16(23-24)27-15-22-21-13(25-15)19-8-10-4-6-11(18)7-5-10/h4-7,9H,8H2,1-3H3,(H,19,21). The third kappa shape index (κ3) is 4.28. The minimum absolute atomic E-state index is 0.00501. The molecule has 0 amide bonds. The molecule has 0 aliphatic rings. The summed E-state index contributed by atoms with van der Waals surface area (Å²) in [5.41, 5.74) is 2.02. The molecule has 140 valence electrons. The van der Waals surface area contributed by atoms with Crippen molar-refractivity contribution in [1.29, 1.82) is 0 Å². The monoisotopic (exact) mass is 420 g/mol. The van der Waals surface area contributed by atoms with E-state index in [-0.39, 0.29) is 11.2 Å². The van der Waals surface area contributed by atoms with Gasteiger partial charge in [0.15, 0.2) is 8.68 Å². The number of rotatable bonds is 5. The molecule has 0 radical (unpaired) electrons. The first-order chi connectivity index (χ1) is 12.9. The zero-order chi connectivity index (χ0) is 19.0. The van der Waals surface area contributed by atoms with Crippen molar-refractivity contribution in [2.24, 2.45) is 0 Å². The molecule has 0 saturated heterocycles. The van der Waals surface area contributed by atoms with E-state index in [0.29, 0.717) is 6.54 Å². The van der Waals surface area contributed by atoms with Crippen LogP contribution < -0.4 is 5.32 Å². The van der Waals surface area contributed by atoms with E-state index >= 15 is 0 Å². The molecule has 0 aliphatic carbocycles. The van der Waals surface area contributed by atoms with E-state index < -0.39 is 0 Å². The molecule has 1 N–H and O–H groups in total. The normalized spacial score (nSPS) is 12.0. The molecule has 10 heteroatoms. The van der Waals surface area contributed by atoms with E-state index in [1.54, 1.807) is 12.1 Å². The first-order valence-corrected chi connectivity index (χ1v) is 10.7. The lowest BCUT2D eigenvalue weighted by molar-refractivity contribution is 0.572.